The van der Waals surface area contributed by atoms with Gasteiger partial charge in [-0.25, -0.2) is 9.37 Å². The molecule has 9 heteroatoms. The smallest absolute Gasteiger partial charge is 0.290 e. The van der Waals surface area contributed by atoms with E-state index < -0.39 is 0 Å². The number of nitrogens with two attached hydrogens (primary N) is 1. The molecule has 1 aromatic carbocycles. The molecule has 2 amide bonds. The lowest BCUT2D eigenvalue weighted by Gasteiger charge is -2.38. The summed E-state index contributed by atoms with van der Waals surface area (Å²) in [6, 6.07) is 4.24. The molecule has 3 N–H and O–H groups in total. The molecule has 0 spiro atoms. The number of ether oxygens (including phenoxy) is 1. The third kappa shape index (κ3) is 5.63. The van der Waals surface area contributed by atoms with E-state index in [4.69, 9.17) is 10.5 Å². The number of amides is 2. The SMILES string of the molecule is COCCCCn1c(C(=O)N(CC(C)C)C2CNCC(C(N)=O)C2)nc2cc(F)ccc21. The number of aromatic nitrogens is 2. The molecule has 0 aliphatic carbocycles. The van der Waals surface area contributed by atoms with Gasteiger partial charge in [0.15, 0.2) is 5.82 Å². The molecule has 2 aromatic rings. The number of hydrogen-bond acceptors (Lipinski definition) is 5. The molecular weight excluding hydrogens is 413 g/mol. The lowest BCUT2D eigenvalue weighted by Crippen LogP contribution is -2.54. The van der Waals surface area contributed by atoms with E-state index in [-0.39, 0.29) is 35.5 Å². The van der Waals surface area contributed by atoms with Crippen molar-refractivity contribution in [2.45, 2.75) is 45.7 Å². The number of fused-ring (bicyclic) bond motifs is 1. The van der Waals surface area contributed by atoms with Crippen LogP contribution in [0, 0.1) is 17.7 Å². The van der Waals surface area contributed by atoms with Crippen molar-refractivity contribution in [3.63, 3.8) is 0 Å². The van der Waals surface area contributed by atoms with Gasteiger partial charge in [0.1, 0.15) is 5.82 Å². The summed E-state index contributed by atoms with van der Waals surface area (Å²) in [4.78, 5) is 31.9. The number of carbonyl (C=O) groups excluding carboxylic acids is 2. The number of nitrogens with zero attached hydrogens (tertiary/aromatic N) is 3. The first-order valence-corrected chi connectivity index (χ1v) is 11.3. The van der Waals surface area contributed by atoms with Crippen molar-refractivity contribution in [2.75, 3.05) is 33.4 Å². The molecule has 2 heterocycles. The van der Waals surface area contributed by atoms with Gasteiger partial charge in [-0.15, -0.1) is 0 Å². The number of primary amides is 1. The topological polar surface area (TPSA) is 102 Å². The van der Waals surface area contributed by atoms with Crippen LogP contribution in [0.15, 0.2) is 18.2 Å². The van der Waals surface area contributed by atoms with Crippen molar-refractivity contribution >= 4 is 22.8 Å². The van der Waals surface area contributed by atoms with Crippen LogP contribution in [0.4, 0.5) is 4.39 Å². The molecular formula is C23H34FN5O3. The van der Waals surface area contributed by atoms with E-state index in [1.54, 1.807) is 18.1 Å². The van der Waals surface area contributed by atoms with Crippen LogP contribution in [-0.4, -0.2) is 65.7 Å². The van der Waals surface area contributed by atoms with E-state index in [0.717, 1.165) is 18.4 Å². The van der Waals surface area contributed by atoms with Gasteiger partial charge in [-0.2, -0.15) is 0 Å². The van der Waals surface area contributed by atoms with E-state index in [9.17, 15) is 14.0 Å². The highest BCUT2D eigenvalue weighted by molar-refractivity contribution is 5.95. The number of imidazole rings is 1. The van der Waals surface area contributed by atoms with Crippen LogP contribution in [0.5, 0.6) is 0 Å². The standard InChI is InChI=1S/C23H34FN5O3/c1-15(2)14-29(18-10-16(21(25)30)12-26-13-18)23(31)22-27-19-11-17(24)6-7-20(19)28(22)8-4-5-9-32-3/h6-7,11,15-16,18,26H,4-5,8-10,12-14H2,1-3H3,(H2,25,30). The summed E-state index contributed by atoms with van der Waals surface area (Å²) >= 11 is 0. The number of benzene rings is 1. The lowest BCUT2D eigenvalue weighted by molar-refractivity contribution is -0.122. The van der Waals surface area contributed by atoms with Crippen molar-refractivity contribution in [1.82, 2.24) is 19.8 Å². The van der Waals surface area contributed by atoms with E-state index in [2.05, 4.69) is 10.3 Å². The van der Waals surface area contributed by atoms with Gasteiger partial charge in [0.25, 0.3) is 5.91 Å². The monoisotopic (exact) mass is 447 g/mol. The predicted octanol–water partition coefficient (Wildman–Crippen LogP) is 2.16. The molecule has 1 saturated heterocycles. The van der Waals surface area contributed by atoms with Crippen LogP contribution in [0.1, 0.15) is 43.7 Å². The Bertz CT molecular complexity index is 945. The van der Waals surface area contributed by atoms with Gasteiger partial charge in [-0.3, -0.25) is 9.59 Å². The Morgan fingerprint density at radius 3 is 2.81 bits per heavy atom. The normalized spacial score (nSPS) is 18.9. The van der Waals surface area contributed by atoms with Crippen LogP contribution < -0.4 is 11.1 Å². The average molecular weight is 448 g/mol. The molecule has 1 aliphatic rings. The summed E-state index contributed by atoms with van der Waals surface area (Å²) in [5.41, 5.74) is 6.73. The van der Waals surface area contributed by atoms with E-state index in [1.807, 2.05) is 18.4 Å². The molecule has 176 valence electrons. The molecule has 1 aliphatic heterocycles. The van der Waals surface area contributed by atoms with Gasteiger partial charge in [-0.1, -0.05) is 13.8 Å². The Morgan fingerprint density at radius 2 is 2.12 bits per heavy atom. The predicted molar refractivity (Wildman–Crippen MR) is 121 cm³/mol. The summed E-state index contributed by atoms with van der Waals surface area (Å²) in [6.07, 6.45) is 2.16. The number of rotatable bonds is 10. The van der Waals surface area contributed by atoms with Gasteiger partial charge < -0.3 is 25.3 Å². The second-order valence-electron chi connectivity index (χ2n) is 8.92. The van der Waals surface area contributed by atoms with Crippen LogP contribution in [0.3, 0.4) is 0 Å². The Morgan fingerprint density at radius 1 is 1.34 bits per heavy atom. The second-order valence-corrected chi connectivity index (χ2v) is 8.92. The quantitative estimate of drug-likeness (QED) is 0.544. The summed E-state index contributed by atoms with van der Waals surface area (Å²) in [5, 5.41) is 3.24. The second kappa shape index (κ2) is 10.9. The van der Waals surface area contributed by atoms with Crippen molar-refractivity contribution < 1.29 is 18.7 Å². The number of nitrogens with one attached hydrogen (secondary N) is 1. The molecule has 0 saturated carbocycles. The number of unbranched alkanes of at least 4 members (excludes halogenated alkanes) is 1. The Kier molecular flexibility index (Phi) is 8.20. The highest BCUT2D eigenvalue weighted by Crippen LogP contribution is 2.23. The van der Waals surface area contributed by atoms with E-state index in [1.165, 1.54) is 12.1 Å². The summed E-state index contributed by atoms with van der Waals surface area (Å²) in [7, 11) is 1.66. The third-order valence-electron chi connectivity index (χ3n) is 5.87. The fourth-order valence-electron chi connectivity index (χ4n) is 4.30. The maximum Gasteiger partial charge on any atom is 0.290 e. The van der Waals surface area contributed by atoms with Crippen LogP contribution in [0.25, 0.3) is 11.0 Å². The molecule has 0 bridgehead atoms. The Hall–Kier alpha value is -2.52. The van der Waals surface area contributed by atoms with E-state index >= 15 is 0 Å². The maximum atomic E-state index is 13.9. The van der Waals surface area contributed by atoms with Gasteiger partial charge in [0.2, 0.25) is 5.91 Å². The van der Waals surface area contributed by atoms with Gasteiger partial charge in [0, 0.05) is 52.0 Å². The van der Waals surface area contributed by atoms with Crippen LogP contribution in [0.2, 0.25) is 0 Å². The zero-order valence-corrected chi connectivity index (χ0v) is 19.1. The number of piperidine rings is 1. The van der Waals surface area contributed by atoms with Crippen molar-refractivity contribution in [2.24, 2.45) is 17.6 Å². The van der Waals surface area contributed by atoms with Crippen molar-refractivity contribution in [1.29, 1.82) is 0 Å². The highest BCUT2D eigenvalue weighted by Gasteiger charge is 2.34. The molecule has 8 nitrogen and oxygen atoms in total. The number of carbonyl (C=O) groups is 2. The largest absolute Gasteiger partial charge is 0.385 e. The number of hydrogen-bond donors (Lipinski definition) is 2. The third-order valence-corrected chi connectivity index (χ3v) is 5.87. The number of halogens is 1. The fraction of sp³-hybridized carbons (Fsp3) is 0.609. The minimum atomic E-state index is -0.389. The first-order valence-electron chi connectivity index (χ1n) is 11.3. The van der Waals surface area contributed by atoms with Gasteiger partial charge >= 0.3 is 0 Å². The van der Waals surface area contributed by atoms with Crippen LogP contribution >= 0.6 is 0 Å². The zero-order valence-electron chi connectivity index (χ0n) is 19.1. The lowest BCUT2D eigenvalue weighted by atomic mass is 9.93. The first-order chi connectivity index (χ1) is 15.3. The fourth-order valence-corrected chi connectivity index (χ4v) is 4.30. The summed E-state index contributed by atoms with van der Waals surface area (Å²) in [5.74, 6) is -0.757. The van der Waals surface area contributed by atoms with Gasteiger partial charge in [-0.05, 0) is 37.3 Å². The summed E-state index contributed by atoms with van der Waals surface area (Å²) < 4.78 is 20.9. The highest BCUT2D eigenvalue weighted by atomic mass is 19.1. The average Bonchev–Trinajstić information content (AvgIpc) is 3.12. The zero-order chi connectivity index (χ0) is 23.3. The Balaban J connectivity index is 1.95. The minimum Gasteiger partial charge on any atom is -0.385 e. The maximum absolute atomic E-state index is 13.9. The van der Waals surface area contributed by atoms with Crippen molar-refractivity contribution in [3.8, 4) is 0 Å². The molecule has 2 unspecified atom stereocenters. The number of methoxy groups -OCH3 is 1. The van der Waals surface area contributed by atoms with Crippen LogP contribution in [-0.2, 0) is 16.1 Å². The van der Waals surface area contributed by atoms with Gasteiger partial charge in [0.05, 0.1) is 17.0 Å². The van der Waals surface area contributed by atoms with E-state index in [0.29, 0.717) is 50.5 Å². The molecule has 32 heavy (non-hydrogen) atoms. The molecule has 1 aromatic heterocycles. The van der Waals surface area contributed by atoms with Crippen molar-refractivity contribution in [3.05, 3.63) is 29.8 Å². The number of aryl methyl sites for hydroxylation is 1. The first kappa shape index (κ1) is 24.1. The summed E-state index contributed by atoms with van der Waals surface area (Å²) in [6.45, 7) is 6.94. The molecule has 3 rings (SSSR count). The minimum absolute atomic E-state index is 0.172. The molecule has 0 radical (unpaired) electrons. The molecule has 1 fully saturated rings. The Labute approximate surface area is 188 Å². The molecule has 2 atom stereocenters.